The van der Waals surface area contributed by atoms with Crippen LogP contribution in [0.3, 0.4) is 0 Å². The first-order chi connectivity index (χ1) is 25.0. The van der Waals surface area contributed by atoms with Crippen molar-refractivity contribution in [1.82, 2.24) is 19.4 Å². The number of ether oxygens (including phenoxy) is 4. The fourth-order valence-electron chi connectivity index (χ4n) is 6.61. The Bertz CT molecular complexity index is 2310. The zero-order chi connectivity index (χ0) is 36.7. The van der Waals surface area contributed by atoms with Gasteiger partial charge in [-0.2, -0.15) is 0 Å². The molecule has 0 spiro atoms. The molecule has 4 heterocycles. The smallest absolute Gasteiger partial charge is 0.419 e. The van der Waals surface area contributed by atoms with Crippen LogP contribution >= 0.6 is 0 Å². The number of nitrogens with zero attached hydrogens (tertiary/aromatic N) is 3. The predicted molar refractivity (Wildman–Crippen MR) is 194 cm³/mol. The molecule has 6 aromatic rings. The maximum atomic E-state index is 15.7. The van der Waals surface area contributed by atoms with Crippen molar-refractivity contribution in [3.63, 3.8) is 0 Å². The van der Waals surface area contributed by atoms with Crippen molar-refractivity contribution in [2.45, 2.75) is 52.0 Å². The highest BCUT2D eigenvalue weighted by Crippen LogP contribution is 2.46. The van der Waals surface area contributed by atoms with Gasteiger partial charge in [0.05, 0.1) is 25.9 Å². The van der Waals surface area contributed by atoms with Crippen molar-refractivity contribution in [1.29, 1.82) is 0 Å². The highest BCUT2D eigenvalue weighted by Gasteiger charge is 2.42. The third kappa shape index (κ3) is 6.47. The Balaban J connectivity index is 1.37. The number of pyridine rings is 1. The third-order valence-electron chi connectivity index (χ3n) is 9.03. The van der Waals surface area contributed by atoms with Crippen LogP contribution in [0.25, 0.3) is 33.0 Å². The average Bonchev–Trinajstić information content (AvgIpc) is 3.78. The maximum Gasteiger partial charge on any atom is 0.419 e. The van der Waals surface area contributed by atoms with Gasteiger partial charge < -0.3 is 34.1 Å². The number of nitrogens with one attached hydrogen (secondary N) is 1. The minimum Gasteiger partial charge on any atom is -0.497 e. The zero-order valence-corrected chi connectivity index (χ0v) is 29.4. The summed E-state index contributed by atoms with van der Waals surface area (Å²) in [4.78, 5) is 22.4. The molecule has 0 aliphatic carbocycles. The Kier molecular flexibility index (Phi) is 9.22. The molecule has 0 radical (unpaired) electrons. The van der Waals surface area contributed by atoms with Gasteiger partial charge in [-0.3, -0.25) is 9.55 Å². The lowest BCUT2D eigenvalue weighted by Gasteiger charge is -2.27. The number of halogens is 1. The van der Waals surface area contributed by atoms with Crippen LogP contribution in [0.1, 0.15) is 43.0 Å². The van der Waals surface area contributed by atoms with Gasteiger partial charge in [-0.25, -0.2) is 14.1 Å². The summed E-state index contributed by atoms with van der Waals surface area (Å²) in [6.07, 6.45) is 2.97. The number of methoxy groups -OCH3 is 2. The van der Waals surface area contributed by atoms with Crippen LogP contribution in [0.5, 0.6) is 17.2 Å². The van der Waals surface area contributed by atoms with E-state index in [1.54, 1.807) is 83.0 Å². The summed E-state index contributed by atoms with van der Waals surface area (Å²) < 4.78 is 39.6. The van der Waals surface area contributed by atoms with Crippen LogP contribution in [-0.4, -0.2) is 68.0 Å². The topological polar surface area (TPSA) is 131 Å². The van der Waals surface area contributed by atoms with E-state index in [0.717, 1.165) is 5.56 Å². The molecule has 1 aliphatic heterocycles. The molecule has 0 bridgehead atoms. The van der Waals surface area contributed by atoms with E-state index >= 15 is 4.39 Å². The lowest BCUT2D eigenvalue weighted by molar-refractivity contribution is -0.0392. The van der Waals surface area contributed by atoms with Gasteiger partial charge in [-0.15, -0.1) is 0 Å². The van der Waals surface area contributed by atoms with E-state index in [0.29, 0.717) is 61.1 Å². The lowest BCUT2D eigenvalue weighted by atomic mass is 9.95. The molecular weight excluding hydrogens is 667 g/mol. The molecule has 11 nitrogen and oxygen atoms in total. The third-order valence-corrected chi connectivity index (χ3v) is 9.03. The first-order valence-electron chi connectivity index (χ1n) is 16.7. The van der Waals surface area contributed by atoms with Crippen molar-refractivity contribution in [2.75, 3.05) is 14.2 Å². The van der Waals surface area contributed by atoms with E-state index in [1.165, 1.54) is 22.6 Å². The Morgan fingerprint density at radius 1 is 0.923 bits per heavy atom. The molecule has 52 heavy (non-hydrogen) atoms. The molecule has 2 unspecified atom stereocenters. The second kappa shape index (κ2) is 13.8. The summed E-state index contributed by atoms with van der Waals surface area (Å²) in [5.41, 5.74) is 3.36. The van der Waals surface area contributed by atoms with E-state index < -0.39 is 30.0 Å². The highest BCUT2D eigenvalue weighted by molar-refractivity contribution is 6.09. The molecule has 0 saturated carbocycles. The predicted octanol–water partition coefficient (Wildman–Crippen LogP) is 7.10. The maximum absolute atomic E-state index is 15.7. The lowest BCUT2D eigenvalue weighted by Crippen LogP contribution is -2.37. The summed E-state index contributed by atoms with van der Waals surface area (Å²) in [6.45, 7) is 5.55. The molecule has 12 heteroatoms. The first-order valence-corrected chi connectivity index (χ1v) is 16.7. The van der Waals surface area contributed by atoms with Crippen LogP contribution in [0.15, 0.2) is 91.5 Å². The molecule has 3 N–H and O–H groups in total. The summed E-state index contributed by atoms with van der Waals surface area (Å²) in [6, 6.07) is 19.4. The quantitative estimate of drug-likeness (QED) is 0.144. The second-order valence-electron chi connectivity index (χ2n) is 13.5. The van der Waals surface area contributed by atoms with Gasteiger partial charge in [-0.1, -0.05) is 36.4 Å². The van der Waals surface area contributed by atoms with Crippen LogP contribution in [-0.2, 0) is 17.9 Å². The zero-order valence-electron chi connectivity index (χ0n) is 29.4. The standard InChI is InChI=1S/C40H39FN4O7/c1-40(2,3)52-39(48)44-21-29(26-13-14-42-19-32(26)44)36-35(37(46)45(38(36)47)20-24-11-12-25(49-4)15-33(24)50-5)28-18-43-31-17-34(30(41)16-27(28)31)51-22-23-9-7-6-8-10-23/h6-19,21,37-38,43,46-47H,20,22H2,1-5H3. The van der Waals surface area contributed by atoms with E-state index in [9.17, 15) is 15.0 Å². The largest absolute Gasteiger partial charge is 0.497 e. The number of aliphatic hydroxyl groups excluding tert-OH is 2. The fraction of sp³-hybridized carbons (Fsp3) is 0.250. The number of H-pyrrole nitrogens is 1. The van der Waals surface area contributed by atoms with Gasteiger partial charge in [0.25, 0.3) is 0 Å². The van der Waals surface area contributed by atoms with Crippen molar-refractivity contribution in [3.05, 3.63) is 120 Å². The Hall–Kier alpha value is -5.69. The summed E-state index contributed by atoms with van der Waals surface area (Å²) in [7, 11) is 3.08. The summed E-state index contributed by atoms with van der Waals surface area (Å²) in [5.74, 6) is 0.552. The van der Waals surface area contributed by atoms with Gasteiger partial charge in [0.1, 0.15) is 36.2 Å². The first kappa shape index (κ1) is 34.7. The molecular formula is C40H39FN4O7. The van der Waals surface area contributed by atoms with Crippen LogP contribution < -0.4 is 14.2 Å². The molecule has 3 aromatic heterocycles. The van der Waals surface area contributed by atoms with E-state index in [1.807, 2.05) is 30.3 Å². The van der Waals surface area contributed by atoms with Crippen molar-refractivity contribution < 1.29 is 38.3 Å². The minimum absolute atomic E-state index is 0.0585. The Morgan fingerprint density at radius 2 is 1.67 bits per heavy atom. The van der Waals surface area contributed by atoms with Crippen molar-refractivity contribution in [2.24, 2.45) is 0 Å². The molecule has 0 fully saturated rings. The van der Waals surface area contributed by atoms with E-state index in [4.69, 9.17) is 18.9 Å². The summed E-state index contributed by atoms with van der Waals surface area (Å²) >= 11 is 0. The normalized spacial score (nSPS) is 16.5. The van der Waals surface area contributed by atoms with Crippen LogP contribution in [0.2, 0.25) is 0 Å². The highest BCUT2D eigenvalue weighted by atomic mass is 19.1. The van der Waals surface area contributed by atoms with Gasteiger partial charge in [0.2, 0.25) is 0 Å². The molecule has 1 aliphatic rings. The molecule has 0 saturated heterocycles. The summed E-state index contributed by atoms with van der Waals surface area (Å²) in [5, 5.41) is 25.4. The van der Waals surface area contributed by atoms with Crippen LogP contribution in [0, 0.1) is 5.82 Å². The van der Waals surface area contributed by atoms with Gasteiger partial charge in [0, 0.05) is 81.4 Å². The van der Waals surface area contributed by atoms with E-state index in [2.05, 4.69) is 9.97 Å². The number of hydrogen-bond donors (Lipinski definition) is 3. The SMILES string of the molecule is COc1ccc(CN2C(O)C(c3c[nH]c4cc(OCc5ccccc5)c(F)cc34)=C(c3cn(C(=O)OC(C)(C)C)c4cnccc34)C2O)c(OC)c1. The van der Waals surface area contributed by atoms with Gasteiger partial charge in [-0.05, 0) is 44.5 Å². The van der Waals surface area contributed by atoms with Gasteiger partial charge >= 0.3 is 6.09 Å². The molecule has 268 valence electrons. The molecule has 7 rings (SSSR count). The Labute approximate surface area is 299 Å². The second-order valence-corrected chi connectivity index (χ2v) is 13.5. The number of rotatable bonds is 9. The van der Waals surface area contributed by atoms with Crippen molar-refractivity contribution >= 4 is 39.0 Å². The number of hydrogen-bond acceptors (Lipinski definition) is 9. The Morgan fingerprint density at radius 3 is 2.38 bits per heavy atom. The number of fused-ring (bicyclic) bond motifs is 2. The molecule has 3 aromatic carbocycles. The molecule has 0 amide bonds. The number of carbonyl (C=O) groups excluding carboxylic acids is 1. The number of aliphatic hydroxyl groups is 2. The van der Waals surface area contributed by atoms with E-state index in [-0.39, 0.29) is 18.9 Å². The molecule has 2 atom stereocenters. The monoisotopic (exact) mass is 706 g/mol. The number of carbonyl (C=O) groups is 1. The van der Waals surface area contributed by atoms with Gasteiger partial charge in [0.15, 0.2) is 11.6 Å². The average molecular weight is 707 g/mol. The van der Waals surface area contributed by atoms with Crippen LogP contribution in [0.4, 0.5) is 9.18 Å². The number of aromatic amines is 1. The number of aromatic nitrogens is 3. The minimum atomic E-state index is -1.38. The van der Waals surface area contributed by atoms with Crippen molar-refractivity contribution in [3.8, 4) is 17.2 Å². The number of benzene rings is 3. The fourth-order valence-corrected chi connectivity index (χ4v) is 6.61.